The number of aliphatic hydroxyl groups is 3. The van der Waals surface area contributed by atoms with E-state index in [0.29, 0.717) is 6.42 Å². The lowest BCUT2D eigenvalue weighted by Gasteiger charge is -2.12. The Labute approximate surface area is 90.7 Å². The molecule has 0 bridgehead atoms. The van der Waals surface area contributed by atoms with Crippen molar-refractivity contribution in [2.24, 2.45) is 0 Å². The summed E-state index contributed by atoms with van der Waals surface area (Å²) in [6.45, 7) is 0. The molecule has 0 aliphatic rings. The normalized spacial score (nSPS) is 12.0. The summed E-state index contributed by atoms with van der Waals surface area (Å²) in [5, 5.41) is 25.8. The summed E-state index contributed by atoms with van der Waals surface area (Å²) < 4.78 is 0. The third-order valence-corrected chi connectivity index (χ3v) is 2.41. The van der Waals surface area contributed by atoms with Crippen molar-refractivity contribution in [1.29, 1.82) is 0 Å². The first-order chi connectivity index (χ1) is 6.56. The quantitative estimate of drug-likeness (QED) is 0.319. The van der Waals surface area contributed by atoms with E-state index >= 15 is 0 Å². The molecule has 0 aliphatic heterocycles. The standard InChI is InChI=1S/C10H21ClO3/c11-9-7-5-3-1-2-4-6-8-10(12,13)14/h12-14H,1-9H2. The zero-order valence-electron chi connectivity index (χ0n) is 8.58. The molecule has 0 rings (SSSR count). The molecule has 0 spiro atoms. The molecule has 4 heteroatoms. The Morgan fingerprint density at radius 2 is 1.14 bits per heavy atom. The molecule has 0 heterocycles. The highest BCUT2D eigenvalue weighted by molar-refractivity contribution is 6.17. The molecule has 14 heavy (non-hydrogen) atoms. The van der Waals surface area contributed by atoms with Gasteiger partial charge in [0.1, 0.15) is 0 Å². The molecule has 0 saturated heterocycles. The number of unbranched alkanes of at least 4 members (excludes halogenated alkanes) is 6. The van der Waals surface area contributed by atoms with Crippen molar-refractivity contribution < 1.29 is 15.3 Å². The van der Waals surface area contributed by atoms with Gasteiger partial charge in [-0.15, -0.1) is 11.6 Å². The zero-order chi connectivity index (χ0) is 10.9. The van der Waals surface area contributed by atoms with Crippen LogP contribution >= 0.6 is 11.6 Å². The number of hydrogen-bond acceptors (Lipinski definition) is 3. The maximum atomic E-state index is 8.59. The predicted molar refractivity (Wildman–Crippen MR) is 57.0 cm³/mol. The maximum absolute atomic E-state index is 8.59. The molecule has 0 amide bonds. The molecule has 0 aromatic carbocycles. The van der Waals surface area contributed by atoms with Crippen LogP contribution in [-0.2, 0) is 0 Å². The van der Waals surface area contributed by atoms with Gasteiger partial charge in [0.25, 0.3) is 5.97 Å². The Kier molecular flexibility index (Phi) is 8.58. The number of halogens is 1. The minimum atomic E-state index is -2.47. The number of hydrogen-bond donors (Lipinski definition) is 3. The molecule has 3 nitrogen and oxygen atoms in total. The number of rotatable bonds is 9. The highest BCUT2D eigenvalue weighted by Gasteiger charge is 2.16. The highest BCUT2D eigenvalue weighted by atomic mass is 35.5. The van der Waals surface area contributed by atoms with Gasteiger partial charge in [0, 0.05) is 12.3 Å². The lowest BCUT2D eigenvalue weighted by Crippen LogP contribution is -2.26. The Morgan fingerprint density at radius 1 is 0.714 bits per heavy atom. The summed E-state index contributed by atoms with van der Waals surface area (Å²) in [7, 11) is 0. The van der Waals surface area contributed by atoms with Gasteiger partial charge < -0.3 is 15.3 Å². The van der Waals surface area contributed by atoms with Gasteiger partial charge in [-0.05, 0) is 12.8 Å². The van der Waals surface area contributed by atoms with Crippen LogP contribution in [0.4, 0.5) is 0 Å². The van der Waals surface area contributed by atoms with Gasteiger partial charge in [0.15, 0.2) is 0 Å². The summed E-state index contributed by atoms with van der Waals surface area (Å²) in [6.07, 6.45) is 7.31. The van der Waals surface area contributed by atoms with Gasteiger partial charge >= 0.3 is 0 Å². The molecule has 0 fully saturated rings. The summed E-state index contributed by atoms with van der Waals surface area (Å²) >= 11 is 5.53. The summed E-state index contributed by atoms with van der Waals surface area (Å²) in [5.41, 5.74) is 0. The van der Waals surface area contributed by atoms with E-state index in [-0.39, 0.29) is 6.42 Å². The largest absolute Gasteiger partial charge is 0.344 e. The van der Waals surface area contributed by atoms with E-state index in [4.69, 9.17) is 26.9 Å². The van der Waals surface area contributed by atoms with E-state index in [1.807, 2.05) is 0 Å². The van der Waals surface area contributed by atoms with Crippen molar-refractivity contribution in [3.8, 4) is 0 Å². The van der Waals surface area contributed by atoms with Gasteiger partial charge in [-0.1, -0.05) is 32.1 Å². The molecule has 0 aliphatic carbocycles. The van der Waals surface area contributed by atoms with E-state index in [1.165, 1.54) is 12.8 Å². The van der Waals surface area contributed by atoms with Crippen molar-refractivity contribution in [1.82, 2.24) is 0 Å². The van der Waals surface area contributed by atoms with Gasteiger partial charge in [-0.3, -0.25) is 0 Å². The molecule has 0 atom stereocenters. The molecule has 0 aromatic rings. The molecule has 3 N–H and O–H groups in total. The first-order valence-corrected chi connectivity index (χ1v) is 5.83. The van der Waals surface area contributed by atoms with Crippen LogP contribution < -0.4 is 0 Å². The predicted octanol–water partition coefficient (Wildman–Crippen LogP) is 1.98. The second kappa shape index (κ2) is 8.48. The maximum Gasteiger partial charge on any atom is 0.275 e. The van der Waals surface area contributed by atoms with E-state index in [1.54, 1.807) is 0 Å². The van der Waals surface area contributed by atoms with Crippen molar-refractivity contribution in [3.63, 3.8) is 0 Å². The van der Waals surface area contributed by atoms with Crippen LogP contribution in [-0.4, -0.2) is 27.2 Å². The molecule has 86 valence electrons. The van der Waals surface area contributed by atoms with Crippen LogP contribution in [0.1, 0.15) is 51.4 Å². The second-order valence-corrected chi connectivity index (χ2v) is 4.07. The first kappa shape index (κ1) is 14.2. The lowest BCUT2D eigenvalue weighted by molar-refractivity contribution is -0.315. The zero-order valence-corrected chi connectivity index (χ0v) is 9.34. The van der Waals surface area contributed by atoms with Gasteiger partial charge in [0.2, 0.25) is 0 Å². The van der Waals surface area contributed by atoms with Crippen molar-refractivity contribution in [2.45, 2.75) is 57.3 Å². The molecule has 0 saturated carbocycles. The lowest BCUT2D eigenvalue weighted by atomic mass is 10.1. The Bertz CT molecular complexity index is 123. The fraction of sp³-hybridized carbons (Fsp3) is 1.00. The third-order valence-electron chi connectivity index (χ3n) is 2.15. The smallest absolute Gasteiger partial charge is 0.275 e. The summed E-state index contributed by atoms with van der Waals surface area (Å²) in [5.74, 6) is -1.74. The Balaban J connectivity index is 2.99. The van der Waals surface area contributed by atoms with Crippen LogP contribution in [0.25, 0.3) is 0 Å². The van der Waals surface area contributed by atoms with Crippen LogP contribution in [0.5, 0.6) is 0 Å². The third kappa shape index (κ3) is 12.2. The molecule has 0 radical (unpaired) electrons. The number of alkyl halides is 1. The van der Waals surface area contributed by atoms with Crippen molar-refractivity contribution in [3.05, 3.63) is 0 Å². The Morgan fingerprint density at radius 3 is 1.57 bits per heavy atom. The first-order valence-electron chi connectivity index (χ1n) is 5.29. The van der Waals surface area contributed by atoms with Crippen molar-refractivity contribution >= 4 is 11.6 Å². The van der Waals surface area contributed by atoms with Gasteiger partial charge in [-0.2, -0.15) is 0 Å². The minimum Gasteiger partial charge on any atom is -0.344 e. The van der Waals surface area contributed by atoms with E-state index in [2.05, 4.69) is 0 Å². The van der Waals surface area contributed by atoms with E-state index in [0.717, 1.165) is 31.6 Å². The highest BCUT2D eigenvalue weighted by Crippen LogP contribution is 2.12. The average Bonchev–Trinajstić information content (AvgIpc) is 2.08. The second-order valence-electron chi connectivity index (χ2n) is 3.69. The van der Waals surface area contributed by atoms with Gasteiger partial charge in [-0.25, -0.2) is 0 Å². The summed E-state index contributed by atoms with van der Waals surface area (Å²) in [4.78, 5) is 0. The Hall–Kier alpha value is 0.170. The average molecular weight is 225 g/mol. The van der Waals surface area contributed by atoms with Crippen LogP contribution in [0.15, 0.2) is 0 Å². The fourth-order valence-corrected chi connectivity index (χ4v) is 1.53. The van der Waals surface area contributed by atoms with Gasteiger partial charge in [0.05, 0.1) is 0 Å². The fourth-order valence-electron chi connectivity index (χ4n) is 1.34. The van der Waals surface area contributed by atoms with Crippen LogP contribution in [0.2, 0.25) is 0 Å². The topological polar surface area (TPSA) is 60.7 Å². The summed E-state index contributed by atoms with van der Waals surface area (Å²) in [6, 6.07) is 0. The van der Waals surface area contributed by atoms with E-state index in [9.17, 15) is 0 Å². The molecule has 0 aromatic heterocycles. The molecule has 0 unspecified atom stereocenters. The molecular weight excluding hydrogens is 204 g/mol. The van der Waals surface area contributed by atoms with Crippen LogP contribution in [0.3, 0.4) is 0 Å². The SMILES string of the molecule is OC(O)(O)CCCCCCCCCCl. The monoisotopic (exact) mass is 224 g/mol. The minimum absolute atomic E-state index is 0.0364. The van der Waals surface area contributed by atoms with Crippen molar-refractivity contribution in [2.75, 3.05) is 5.88 Å². The van der Waals surface area contributed by atoms with Crippen LogP contribution in [0, 0.1) is 0 Å². The molecular formula is C10H21ClO3. The van der Waals surface area contributed by atoms with E-state index < -0.39 is 5.97 Å².